The minimum absolute atomic E-state index is 0.165. The fraction of sp³-hybridized carbons (Fsp3) is 0.207. The maximum Gasteiger partial charge on any atom is 0.306 e. The number of fused-ring (bicyclic) bond motifs is 3. The number of rotatable bonds is 7. The van der Waals surface area contributed by atoms with E-state index in [4.69, 9.17) is 4.74 Å². The van der Waals surface area contributed by atoms with Crippen LogP contribution in [0.5, 0.6) is 0 Å². The molecular weight excluding hydrogens is 412 g/mol. The first kappa shape index (κ1) is 20.8. The highest BCUT2D eigenvalue weighted by Crippen LogP contribution is 2.52. The summed E-state index contributed by atoms with van der Waals surface area (Å²) in [4.78, 5) is 11.9. The van der Waals surface area contributed by atoms with Crippen LogP contribution in [0.15, 0.2) is 97.1 Å². The van der Waals surface area contributed by atoms with E-state index < -0.39 is 0 Å². The molecule has 0 N–H and O–H groups in total. The molecule has 32 heavy (non-hydrogen) atoms. The van der Waals surface area contributed by atoms with Crippen molar-refractivity contribution >= 4 is 17.7 Å². The monoisotopic (exact) mass is 438 g/mol. The van der Waals surface area contributed by atoms with E-state index in [-0.39, 0.29) is 16.6 Å². The van der Waals surface area contributed by atoms with E-state index >= 15 is 0 Å². The van der Waals surface area contributed by atoms with Gasteiger partial charge >= 0.3 is 5.97 Å². The highest BCUT2D eigenvalue weighted by atomic mass is 32.2. The molecule has 1 unspecified atom stereocenters. The van der Waals surface area contributed by atoms with Crippen molar-refractivity contribution in [3.63, 3.8) is 0 Å². The van der Waals surface area contributed by atoms with Crippen LogP contribution < -0.4 is 0 Å². The Balaban J connectivity index is 1.62. The third-order valence-corrected chi connectivity index (χ3v) is 8.11. The fourth-order valence-electron chi connectivity index (χ4n) is 4.98. The zero-order valence-corrected chi connectivity index (χ0v) is 19.0. The van der Waals surface area contributed by atoms with Crippen LogP contribution in [0.4, 0.5) is 0 Å². The number of allylic oxidation sites excluding steroid dienone is 4. The van der Waals surface area contributed by atoms with Crippen LogP contribution in [0.25, 0.3) is 11.1 Å². The molecule has 0 amide bonds. The van der Waals surface area contributed by atoms with Crippen LogP contribution in [0.1, 0.15) is 28.7 Å². The number of carbonyl (C=O) groups excluding carboxylic acids is 1. The maximum absolute atomic E-state index is 11.9. The number of benzene rings is 3. The van der Waals surface area contributed by atoms with Crippen LogP contribution in [0, 0.1) is 5.92 Å². The fourth-order valence-corrected chi connectivity index (χ4v) is 6.51. The van der Waals surface area contributed by atoms with Crippen molar-refractivity contribution < 1.29 is 9.53 Å². The lowest BCUT2D eigenvalue weighted by atomic mass is 9.79. The lowest BCUT2D eigenvalue weighted by Gasteiger charge is -2.39. The highest BCUT2D eigenvalue weighted by molar-refractivity contribution is 8.00. The van der Waals surface area contributed by atoms with E-state index in [1.165, 1.54) is 40.5 Å². The van der Waals surface area contributed by atoms with Gasteiger partial charge in [-0.1, -0.05) is 97.1 Å². The van der Waals surface area contributed by atoms with Gasteiger partial charge in [-0.05, 0) is 39.8 Å². The van der Waals surface area contributed by atoms with Crippen molar-refractivity contribution in [3.8, 4) is 11.1 Å². The summed E-state index contributed by atoms with van der Waals surface area (Å²) in [6, 6.07) is 26.4. The Morgan fingerprint density at radius 3 is 2.41 bits per heavy atom. The summed E-state index contributed by atoms with van der Waals surface area (Å²) in [5, 5.41) is 0. The largest absolute Gasteiger partial charge is 0.469 e. The first-order chi connectivity index (χ1) is 15.7. The number of thioether (sulfide) groups is 1. The molecule has 3 aromatic carbocycles. The van der Waals surface area contributed by atoms with E-state index in [1.54, 1.807) is 0 Å². The van der Waals surface area contributed by atoms with Crippen molar-refractivity contribution in [2.75, 3.05) is 12.9 Å². The van der Waals surface area contributed by atoms with E-state index in [0.717, 1.165) is 6.42 Å². The Bertz CT molecular complexity index is 1180. The molecule has 0 aromatic heterocycles. The van der Waals surface area contributed by atoms with Gasteiger partial charge in [-0.2, -0.15) is 0 Å². The summed E-state index contributed by atoms with van der Waals surface area (Å²) in [6.07, 6.45) is 10.2. The highest BCUT2D eigenvalue weighted by Gasteiger charge is 2.41. The van der Waals surface area contributed by atoms with Crippen LogP contribution in [-0.2, 0) is 20.7 Å². The van der Waals surface area contributed by atoms with Gasteiger partial charge in [-0.25, -0.2) is 0 Å². The summed E-state index contributed by atoms with van der Waals surface area (Å²) in [7, 11) is 1.46. The molecule has 0 radical (unpaired) electrons. The van der Waals surface area contributed by atoms with E-state index in [9.17, 15) is 4.79 Å². The molecule has 0 aliphatic heterocycles. The molecule has 0 saturated carbocycles. The number of hydrogen-bond acceptors (Lipinski definition) is 3. The Labute approximate surface area is 194 Å². The molecule has 0 spiro atoms. The summed E-state index contributed by atoms with van der Waals surface area (Å²) in [6.45, 7) is 0. The molecule has 3 heteroatoms. The Morgan fingerprint density at radius 2 is 1.62 bits per heavy atom. The lowest BCUT2D eigenvalue weighted by Crippen LogP contribution is -2.32. The molecule has 2 nitrogen and oxygen atoms in total. The summed E-state index contributed by atoms with van der Waals surface area (Å²) >= 11 is 1.84. The third kappa shape index (κ3) is 3.61. The van der Waals surface area contributed by atoms with Gasteiger partial charge < -0.3 is 4.74 Å². The number of ether oxygens (including phenoxy) is 1. The SMILES string of the molecule is COC(=O)CCSC(c1ccccc1)(c1ccc2c(c1)Cc1ccccc1-2)C1C=CC=C1. The number of methoxy groups -OCH3 is 1. The second-order valence-electron chi connectivity index (χ2n) is 8.28. The average Bonchev–Trinajstić information content (AvgIpc) is 3.50. The van der Waals surface area contributed by atoms with Crippen molar-refractivity contribution in [1.29, 1.82) is 0 Å². The molecule has 1 atom stereocenters. The molecule has 160 valence electrons. The zero-order chi connectivity index (χ0) is 22.0. The van der Waals surface area contributed by atoms with Crippen LogP contribution in [0.2, 0.25) is 0 Å². The molecule has 0 bridgehead atoms. The van der Waals surface area contributed by atoms with E-state index in [1.807, 2.05) is 11.8 Å². The minimum atomic E-state index is -0.317. The maximum atomic E-state index is 11.9. The van der Waals surface area contributed by atoms with Gasteiger partial charge in [0.05, 0.1) is 18.3 Å². The molecule has 2 aliphatic carbocycles. The van der Waals surface area contributed by atoms with Gasteiger partial charge in [0.15, 0.2) is 0 Å². The Kier molecular flexibility index (Phi) is 5.75. The topological polar surface area (TPSA) is 26.3 Å². The minimum Gasteiger partial charge on any atom is -0.469 e. The number of carbonyl (C=O) groups is 1. The Hall–Kier alpha value is -3.04. The zero-order valence-electron chi connectivity index (χ0n) is 18.2. The average molecular weight is 439 g/mol. The van der Waals surface area contributed by atoms with Crippen molar-refractivity contribution in [1.82, 2.24) is 0 Å². The van der Waals surface area contributed by atoms with Crippen molar-refractivity contribution in [2.45, 2.75) is 17.6 Å². The summed E-state index contributed by atoms with van der Waals surface area (Å²) in [5.74, 6) is 0.729. The van der Waals surface area contributed by atoms with Crippen molar-refractivity contribution in [3.05, 3.63) is 119 Å². The third-order valence-electron chi connectivity index (χ3n) is 6.51. The quantitative estimate of drug-likeness (QED) is 0.307. The summed E-state index contributed by atoms with van der Waals surface area (Å²) in [5.41, 5.74) is 7.99. The lowest BCUT2D eigenvalue weighted by molar-refractivity contribution is -0.140. The van der Waals surface area contributed by atoms with Gasteiger partial charge in [-0.3, -0.25) is 4.79 Å². The van der Waals surface area contributed by atoms with Gasteiger partial charge in [0.25, 0.3) is 0 Å². The second kappa shape index (κ2) is 8.84. The molecule has 5 rings (SSSR count). The van der Waals surface area contributed by atoms with Gasteiger partial charge in [-0.15, -0.1) is 11.8 Å². The smallest absolute Gasteiger partial charge is 0.306 e. The van der Waals surface area contributed by atoms with Gasteiger partial charge in [0, 0.05) is 11.7 Å². The van der Waals surface area contributed by atoms with Gasteiger partial charge in [0.1, 0.15) is 0 Å². The summed E-state index contributed by atoms with van der Waals surface area (Å²) < 4.78 is 4.60. The molecule has 2 aliphatic rings. The molecule has 0 saturated heterocycles. The second-order valence-corrected chi connectivity index (χ2v) is 9.62. The van der Waals surface area contributed by atoms with Crippen LogP contribution in [-0.4, -0.2) is 18.8 Å². The first-order valence-electron chi connectivity index (χ1n) is 11.1. The molecule has 0 heterocycles. The van der Waals surface area contributed by atoms with E-state index in [2.05, 4.69) is 97.1 Å². The molecule has 0 fully saturated rings. The first-order valence-corrected chi connectivity index (χ1v) is 12.0. The van der Waals surface area contributed by atoms with Crippen LogP contribution >= 0.6 is 11.8 Å². The molecule has 3 aromatic rings. The van der Waals surface area contributed by atoms with Gasteiger partial charge in [0.2, 0.25) is 0 Å². The normalized spacial score (nSPS) is 15.9. The number of esters is 1. The van der Waals surface area contributed by atoms with Crippen LogP contribution in [0.3, 0.4) is 0 Å². The van der Waals surface area contributed by atoms with E-state index in [0.29, 0.717) is 12.2 Å². The molecular formula is C29H26O2S. The van der Waals surface area contributed by atoms with Crippen molar-refractivity contribution in [2.24, 2.45) is 5.92 Å². The Morgan fingerprint density at radius 1 is 0.906 bits per heavy atom. The standard InChI is InChI=1S/C29H26O2S/c1-31-28(30)17-18-32-29(24-12-6-7-13-24,23-10-3-2-4-11-23)25-15-16-27-22(20-25)19-21-9-5-8-14-26(21)27/h2-16,20,24H,17-19H2,1H3. The predicted octanol–water partition coefficient (Wildman–Crippen LogP) is 6.54. The predicted molar refractivity (Wildman–Crippen MR) is 133 cm³/mol. The number of hydrogen-bond donors (Lipinski definition) is 0.